The van der Waals surface area contributed by atoms with Gasteiger partial charge in [-0.2, -0.15) is 5.06 Å². The summed E-state index contributed by atoms with van der Waals surface area (Å²) in [4.78, 5) is 6.14. The van der Waals surface area contributed by atoms with Crippen LogP contribution in [0, 0.1) is 0 Å². The van der Waals surface area contributed by atoms with E-state index in [1.165, 1.54) is 116 Å². The summed E-state index contributed by atoms with van der Waals surface area (Å²) in [6, 6.07) is 0. The van der Waals surface area contributed by atoms with Crippen LogP contribution >= 0.6 is 0 Å². The first kappa shape index (κ1) is 25.9. The first-order valence-electron chi connectivity index (χ1n) is 12.2. The molecule has 0 rings (SSSR count). The highest BCUT2D eigenvalue weighted by atomic mass is 16.7. The summed E-state index contributed by atoms with van der Waals surface area (Å²) in [5.41, 5.74) is 0. The van der Waals surface area contributed by atoms with Gasteiger partial charge in [-0.15, -0.1) is 0 Å². The highest BCUT2D eigenvalue weighted by Gasteiger charge is 2.05. The molecule has 0 N–H and O–H groups in total. The molecule has 0 spiro atoms. The molecule has 0 saturated heterocycles. The van der Waals surface area contributed by atoms with Crippen molar-refractivity contribution in [2.45, 2.75) is 136 Å². The van der Waals surface area contributed by atoms with Gasteiger partial charge in [-0.05, 0) is 19.3 Å². The van der Waals surface area contributed by atoms with Crippen molar-refractivity contribution in [2.24, 2.45) is 0 Å². The highest BCUT2D eigenvalue weighted by Crippen LogP contribution is 2.10. The quantitative estimate of drug-likeness (QED) is 0.140. The van der Waals surface area contributed by atoms with Crippen LogP contribution in [0.1, 0.15) is 136 Å². The fourth-order valence-electron chi connectivity index (χ4n) is 3.45. The number of hydrogen-bond donors (Lipinski definition) is 0. The van der Waals surface area contributed by atoms with Crippen molar-refractivity contribution in [3.63, 3.8) is 0 Å². The van der Waals surface area contributed by atoms with E-state index >= 15 is 0 Å². The third-order valence-corrected chi connectivity index (χ3v) is 5.29. The van der Waals surface area contributed by atoms with Gasteiger partial charge in [0.1, 0.15) is 0 Å². The zero-order valence-electron chi connectivity index (χ0n) is 18.7. The second kappa shape index (κ2) is 23.0. The molecule has 0 saturated carbocycles. The Bertz CT molecular complexity index is 228. The summed E-state index contributed by atoms with van der Waals surface area (Å²) in [6.45, 7) is 10.1. The SMILES string of the molecule is CCCCCCCCON(CCCCCCCC)CCCCCCCC. The van der Waals surface area contributed by atoms with E-state index < -0.39 is 0 Å². The molecule has 0 aromatic heterocycles. The average Bonchev–Trinajstić information content (AvgIpc) is 2.65. The van der Waals surface area contributed by atoms with Gasteiger partial charge in [0.05, 0.1) is 6.61 Å². The Balaban J connectivity index is 3.77. The average molecular weight is 370 g/mol. The second-order valence-electron chi connectivity index (χ2n) is 8.07. The fourth-order valence-corrected chi connectivity index (χ4v) is 3.45. The van der Waals surface area contributed by atoms with E-state index in [4.69, 9.17) is 4.84 Å². The lowest BCUT2D eigenvalue weighted by Crippen LogP contribution is -2.27. The minimum atomic E-state index is 0.928. The van der Waals surface area contributed by atoms with Gasteiger partial charge in [0.25, 0.3) is 0 Å². The monoisotopic (exact) mass is 369 g/mol. The molecule has 2 heteroatoms. The van der Waals surface area contributed by atoms with Crippen LogP contribution in [0.15, 0.2) is 0 Å². The lowest BCUT2D eigenvalue weighted by Gasteiger charge is -2.22. The predicted octanol–water partition coefficient (Wildman–Crippen LogP) is 8.30. The topological polar surface area (TPSA) is 12.5 Å². The van der Waals surface area contributed by atoms with Crippen LogP contribution in [-0.4, -0.2) is 24.8 Å². The summed E-state index contributed by atoms with van der Waals surface area (Å²) in [6.07, 6.45) is 24.5. The lowest BCUT2D eigenvalue weighted by atomic mass is 10.1. The van der Waals surface area contributed by atoms with Gasteiger partial charge in [-0.3, -0.25) is 4.84 Å². The van der Waals surface area contributed by atoms with E-state index in [-0.39, 0.29) is 0 Å². The van der Waals surface area contributed by atoms with Gasteiger partial charge in [0.15, 0.2) is 0 Å². The fraction of sp³-hybridized carbons (Fsp3) is 1.00. The molecular formula is C24H51NO. The maximum absolute atomic E-state index is 6.14. The zero-order chi connectivity index (χ0) is 19.1. The number of unbranched alkanes of at least 4 members (excludes halogenated alkanes) is 15. The molecule has 0 amide bonds. The Kier molecular flexibility index (Phi) is 22.9. The van der Waals surface area contributed by atoms with E-state index in [0.717, 1.165) is 19.7 Å². The normalized spacial score (nSPS) is 11.5. The van der Waals surface area contributed by atoms with Crippen molar-refractivity contribution in [2.75, 3.05) is 19.7 Å². The van der Waals surface area contributed by atoms with Crippen molar-refractivity contribution in [1.82, 2.24) is 5.06 Å². The van der Waals surface area contributed by atoms with Crippen molar-refractivity contribution in [3.05, 3.63) is 0 Å². The summed E-state index contributed by atoms with van der Waals surface area (Å²) in [5, 5.41) is 2.30. The Labute approximate surface area is 166 Å². The van der Waals surface area contributed by atoms with Gasteiger partial charge >= 0.3 is 0 Å². The Morgan fingerprint density at radius 3 is 1.19 bits per heavy atom. The van der Waals surface area contributed by atoms with E-state index in [9.17, 15) is 0 Å². The largest absolute Gasteiger partial charge is 0.299 e. The standard InChI is InChI=1S/C24H51NO/c1-4-7-10-13-16-19-22-25(23-20-17-14-11-8-5-2)26-24-21-18-15-12-9-6-3/h4-24H2,1-3H3. The van der Waals surface area contributed by atoms with Crippen LogP contribution < -0.4 is 0 Å². The van der Waals surface area contributed by atoms with E-state index in [1.54, 1.807) is 0 Å². The third kappa shape index (κ3) is 20.2. The molecule has 0 aromatic rings. The molecular weight excluding hydrogens is 318 g/mol. The minimum Gasteiger partial charge on any atom is -0.299 e. The summed E-state index contributed by atoms with van der Waals surface area (Å²) < 4.78 is 0. The maximum atomic E-state index is 6.14. The molecule has 2 nitrogen and oxygen atoms in total. The van der Waals surface area contributed by atoms with Crippen molar-refractivity contribution in [1.29, 1.82) is 0 Å². The molecule has 0 heterocycles. The molecule has 26 heavy (non-hydrogen) atoms. The highest BCUT2D eigenvalue weighted by molar-refractivity contribution is 4.53. The number of rotatable bonds is 22. The summed E-state index contributed by atoms with van der Waals surface area (Å²) in [5.74, 6) is 0. The molecule has 0 radical (unpaired) electrons. The molecule has 158 valence electrons. The second-order valence-corrected chi connectivity index (χ2v) is 8.07. The maximum Gasteiger partial charge on any atom is 0.0685 e. The van der Waals surface area contributed by atoms with Gasteiger partial charge < -0.3 is 0 Å². The smallest absolute Gasteiger partial charge is 0.0685 e. The van der Waals surface area contributed by atoms with Gasteiger partial charge in [-0.1, -0.05) is 117 Å². The molecule has 0 aliphatic carbocycles. The van der Waals surface area contributed by atoms with Crippen LogP contribution in [0.25, 0.3) is 0 Å². The summed E-state index contributed by atoms with van der Waals surface area (Å²) >= 11 is 0. The Morgan fingerprint density at radius 2 is 0.769 bits per heavy atom. The molecule has 0 unspecified atom stereocenters. The van der Waals surface area contributed by atoms with Crippen LogP contribution in [0.3, 0.4) is 0 Å². The minimum absolute atomic E-state index is 0.928. The molecule has 0 atom stereocenters. The van der Waals surface area contributed by atoms with E-state index in [2.05, 4.69) is 25.8 Å². The number of hydroxylamine groups is 2. The molecule has 0 aromatic carbocycles. The van der Waals surface area contributed by atoms with Crippen LogP contribution in [0.4, 0.5) is 0 Å². The Morgan fingerprint density at radius 1 is 0.423 bits per heavy atom. The molecule has 0 bridgehead atoms. The van der Waals surface area contributed by atoms with Crippen molar-refractivity contribution in [3.8, 4) is 0 Å². The van der Waals surface area contributed by atoms with Crippen molar-refractivity contribution >= 4 is 0 Å². The van der Waals surface area contributed by atoms with Crippen molar-refractivity contribution < 1.29 is 4.84 Å². The number of hydrogen-bond acceptors (Lipinski definition) is 2. The van der Waals surface area contributed by atoms with Gasteiger partial charge in [-0.25, -0.2) is 0 Å². The van der Waals surface area contributed by atoms with E-state index in [1.807, 2.05) is 0 Å². The van der Waals surface area contributed by atoms with Crippen LogP contribution in [-0.2, 0) is 4.84 Å². The van der Waals surface area contributed by atoms with Crippen LogP contribution in [0.2, 0.25) is 0 Å². The lowest BCUT2D eigenvalue weighted by molar-refractivity contribution is -0.161. The first-order valence-corrected chi connectivity index (χ1v) is 12.2. The predicted molar refractivity (Wildman–Crippen MR) is 118 cm³/mol. The third-order valence-electron chi connectivity index (χ3n) is 5.29. The van der Waals surface area contributed by atoms with E-state index in [0.29, 0.717) is 0 Å². The molecule has 0 fully saturated rings. The Hall–Kier alpha value is -0.0800. The first-order chi connectivity index (χ1) is 12.8. The number of nitrogens with zero attached hydrogens (tertiary/aromatic N) is 1. The molecule has 0 aliphatic heterocycles. The molecule has 0 aliphatic rings. The van der Waals surface area contributed by atoms with Gasteiger partial charge in [0, 0.05) is 13.1 Å². The zero-order valence-corrected chi connectivity index (χ0v) is 18.7. The van der Waals surface area contributed by atoms with Gasteiger partial charge in [0.2, 0.25) is 0 Å². The van der Waals surface area contributed by atoms with Crippen LogP contribution in [0.5, 0.6) is 0 Å². The summed E-state index contributed by atoms with van der Waals surface area (Å²) in [7, 11) is 0.